The predicted octanol–water partition coefficient (Wildman–Crippen LogP) is 4.34. The second-order valence-corrected chi connectivity index (χ2v) is 8.71. The molecule has 0 aromatic heterocycles. The minimum Gasteiger partial charge on any atom is -0.507 e. The van der Waals surface area contributed by atoms with E-state index in [1.807, 2.05) is 20.8 Å². The van der Waals surface area contributed by atoms with Gasteiger partial charge < -0.3 is 29.1 Å². The van der Waals surface area contributed by atoms with E-state index in [0.717, 1.165) is 18.7 Å². The van der Waals surface area contributed by atoms with E-state index in [2.05, 4.69) is 11.5 Å². The van der Waals surface area contributed by atoms with Crippen molar-refractivity contribution in [2.24, 2.45) is 0 Å². The summed E-state index contributed by atoms with van der Waals surface area (Å²) in [6, 6.07) is 9.65. The van der Waals surface area contributed by atoms with E-state index in [1.54, 1.807) is 49.6 Å². The molecule has 2 aromatic rings. The average Bonchev–Trinajstić information content (AvgIpc) is 3.16. The molecule has 1 unspecified atom stereocenters. The summed E-state index contributed by atoms with van der Waals surface area (Å²) in [5.74, 6) is 0.00973. The lowest BCUT2D eigenvalue weighted by molar-refractivity contribution is -0.140. The van der Waals surface area contributed by atoms with Crippen LogP contribution in [0, 0.1) is 6.92 Å². The van der Waals surface area contributed by atoms with Crippen LogP contribution < -0.4 is 14.2 Å². The number of nitrogens with zero attached hydrogens (tertiary/aromatic N) is 2. The largest absolute Gasteiger partial charge is 0.507 e. The third-order valence-electron chi connectivity index (χ3n) is 6.64. The number of carbonyl (C=O) groups excluding carboxylic acids is 2. The Morgan fingerprint density at radius 2 is 1.81 bits per heavy atom. The molecule has 2 aromatic carbocycles. The maximum Gasteiger partial charge on any atom is 0.295 e. The van der Waals surface area contributed by atoms with E-state index < -0.39 is 17.7 Å². The first kappa shape index (κ1) is 27.8. The molecule has 1 aliphatic rings. The minimum atomic E-state index is -0.792. The highest BCUT2D eigenvalue weighted by Crippen LogP contribution is 2.42. The fourth-order valence-corrected chi connectivity index (χ4v) is 4.54. The van der Waals surface area contributed by atoms with Crippen LogP contribution in [0.2, 0.25) is 0 Å². The molecule has 1 atom stereocenters. The molecule has 0 bridgehead atoms. The molecular formula is C29H36N2O6. The number of aryl methyl sites for hydroxylation is 1. The molecule has 1 fully saturated rings. The fraction of sp³-hybridized carbons (Fsp3) is 0.379. The lowest BCUT2D eigenvalue weighted by Gasteiger charge is -2.28. The topological polar surface area (TPSA) is 88.5 Å². The first-order valence-electron chi connectivity index (χ1n) is 12.4. The van der Waals surface area contributed by atoms with Gasteiger partial charge in [0.05, 0.1) is 25.8 Å². The highest BCUT2D eigenvalue weighted by atomic mass is 16.5. The monoisotopic (exact) mass is 508 g/mol. The van der Waals surface area contributed by atoms with E-state index >= 15 is 0 Å². The molecule has 1 amide bonds. The molecule has 1 aliphatic heterocycles. The summed E-state index contributed by atoms with van der Waals surface area (Å²) < 4.78 is 16.5. The Morgan fingerprint density at radius 1 is 1.08 bits per heavy atom. The van der Waals surface area contributed by atoms with Crippen molar-refractivity contribution in [1.82, 2.24) is 9.80 Å². The normalized spacial score (nSPS) is 16.8. The van der Waals surface area contributed by atoms with Crippen molar-refractivity contribution in [3.05, 3.63) is 71.3 Å². The zero-order valence-corrected chi connectivity index (χ0v) is 22.2. The van der Waals surface area contributed by atoms with Crippen molar-refractivity contribution >= 4 is 17.4 Å². The molecule has 0 radical (unpaired) electrons. The lowest BCUT2D eigenvalue weighted by Crippen LogP contribution is -2.38. The Balaban J connectivity index is 2.16. The van der Waals surface area contributed by atoms with E-state index in [1.165, 1.54) is 12.0 Å². The van der Waals surface area contributed by atoms with E-state index in [4.69, 9.17) is 14.2 Å². The standard InChI is InChI=1S/C29H36N2O6/c1-7-16-37-23-13-10-20(18-24(23)36-6)26-25(27(32)22-12-11-21(35-5)17-19(22)4)28(33)29(34)31(26)15-14-30(8-2)9-3/h7,10-13,17-18,26,32H,1,8-9,14-16H2,2-6H3/b27-25+. The number of rotatable bonds is 12. The van der Waals surface area contributed by atoms with Gasteiger partial charge in [0, 0.05) is 18.7 Å². The number of likely N-dealkylation sites (N-methyl/N-ethyl adjacent to an activating group) is 1. The summed E-state index contributed by atoms with van der Waals surface area (Å²) in [5.41, 5.74) is 1.86. The van der Waals surface area contributed by atoms with Gasteiger partial charge >= 0.3 is 0 Å². The number of aliphatic hydroxyl groups is 1. The number of benzene rings is 2. The van der Waals surface area contributed by atoms with Crippen LogP contribution in [0.15, 0.2) is 54.6 Å². The fourth-order valence-electron chi connectivity index (χ4n) is 4.54. The Hall–Kier alpha value is -3.78. The molecule has 8 heteroatoms. The molecule has 0 saturated carbocycles. The number of aliphatic hydroxyl groups excluding tert-OH is 1. The van der Waals surface area contributed by atoms with Crippen molar-refractivity contribution in [1.29, 1.82) is 0 Å². The third-order valence-corrected chi connectivity index (χ3v) is 6.64. The first-order valence-corrected chi connectivity index (χ1v) is 12.4. The number of methoxy groups -OCH3 is 2. The van der Waals surface area contributed by atoms with Crippen molar-refractivity contribution in [2.75, 3.05) is 47.0 Å². The molecule has 0 aliphatic carbocycles. The number of carbonyl (C=O) groups is 2. The maximum absolute atomic E-state index is 13.4. The lowest BCUT2D eigenvalue weighted by atomic mass is 9.93. The Morgan fingerprint density at radius 3 is 2.41 bits per heavy atom. The molecule has 37 heavy (non-hydrogen) atoms. The van der Waals surface area contributed by atoms with Crippen LogP contribution in [-0.4, -0.2) is 73.6 Å². The number of ether oxygens (including phenoxy) is 3. The summed E-state index contributed by atoms with van der Waals surface area (Å²) in [4.78, 5) is 30.4. The Kier molecular flexibility index (Phi) is 9.36. The van der Waals surface area contributed by atoms with E-state index in [-0.39, 0.29) is 11.3 Å². The number of hydrogen-bond acceptors (Lipinski definition) is 7. The van der Waals surface area contributed by atoms with Crippen LogP contribution in [-0.2, 0) is 9.59 Å². The molecule has 1 saturated heterocycles. The zero-order valence-electron chi connectivity index (χ0n) is 22.2. The molecule has 1 heterocycles. The maximum atomic E-state index is 13.4. The average molecular weight is 509 g/mol. The van der Waals surface area contributed by atoms with Crippen molar-refractivity contribution in [3.63, 3.8) is 0 Å². The molecular weight excluding hydrogens is 472 g/mol. The zero-order chi connectivity index (χ0) is 27.1. The molecule has 0 spiro atoms. The van der Waals surface area contributed by atoms with Crippen LogP contribution in [0.25, 0.3) is 5.76 Å². The quantitative estimate of drug-likeness (QED) is 0.197. The van der Waals surface area contributed by atoms with Crippen molar-refractivity contribution in [3.8, 4) is 17.2 Å². The molecule has 8 nitrogen and oxygen atoms in total. The number of hydrogen-bond donors (Lipinski definition) is 1. The second kappa shape index (κ2) is 12.5. The van der Waals surface area contributed by atoms with Gasteiger partial charge in [-0.2, -0.15) is 0 Å². The summed E-state index contributed by atoms with van der Waals surface area (Å²) in [5, 5.41) is 11.4. The second-order valence-electron chi connectivity index (χ2n) is 8.71. The van der Waals surface area contributed by atoms with Gasteiger partial charge in [0.2, 0.25) is 0 Å². The summed E-state index contributed by atoms with van der Waals surface area (Å²) >= 11 is 0. The SMILES string of the molecule is C=CCOc1ccc(C2/C(=C(\O)c3ccc(OC)cc3C)C(=O)C(=O)N2CCN(CC)CC)cc1OC. The van der Waals surface area contributed by atoms with Gasteiger partial charge in [-0.3, -0.25) is 9.59 Å². The van der Waals surface area contributed by atoms with Crippen molar-refractivity contribution < 1.29 is 28.9 Å². The van der Waals surface area contributed by atoms with Gasteiger partial charge in [-0.25, -0.2) is 0 Å². The summed E-state index contributed by atoms with van der Waals surface area (Å²) in [7, 11) is 3.09. The number of ketones is 1. The van der Waals surface area contributed by atoms with Gasteiger partial charge in [-0.1, -0.05) is 32.6 Å². The molecule has 198 valence electrons. The van der Waals surface area contributed by atoms with Crippen LogP contribution in [0.1, 0.15) is 36.6 Å². The van der Waals surface area contributed by atoms with E-state index in [0.29, 0.717) is 48.1 Å². The molecule has 1 N–H and O–H groups in total. The predicted molar refractivity (Wildman–Crippen MR) is 143 cm³/mol. The van der Waals surface area contributed by atoms with Crippen LogP contribution in [0.4, 0.5) is 0 Å². The Labute approximate surface area is 218 Å². The van der Waals surface area contributed by atoms with E-state index in [9.17, 15) is 14.7 Å². The first-order chi connectivity index (χ1) is 17.8. The van der Waals surface area contributed by atoms with Gasteiger partial charge in [-0.15, -0.1) is 0 Å². The smallest absolute Gasteiger partial charge is 0.295 e. The van der Waals surface area contributed by atoms with Crippen LogP contribution in [0.5, 0.6) is 17.2 Å². The van der Waals surface area contributed by atoms with Gasteiger partial charge in [0.1, 0.15) is 18.1 Å². The number of likely N-dealkylation sites (tertiary alicyclic amines) is 1. The third kappa shape index (κ3) is 5.80. The highest BCUT2D eigenvalue weighted by molar-refractivity contribution is 6.46. The number of amides is 1. The minimum absolute atomic E-state index is 0.0413. The van der Waals surface area contributed by atoms with Crippen LogP contribution >= 0.6 is 0 Å². The van der Waals surface area contributed by atoms with Crippen molar-refractivity contribution in [2.45, 2.75) is 26.8 Å². The van der Waals surface area contributed by atoms with Gasteiger partial charge in [-0.05, 0) is 61.5 Å². The summed E-state index contributed by atoms with van der Waals surface area (Å²) in [6.45, 7) is 12.4. The Bertz CT molecular complexity index is 1180. The summed E-state index contributed by atoms with van der Waals surface area (Å²) in [6.07, 6.45) is 1.63. The highest BCUT2D eigenvalue weighted by Gasteiger charge is 2.46. The van der Waals surface area contributed by atoms with Gasteiger partial charge in [0.25, 0.3) is 11.7 Å². The molecule has 3 rings (SSSR count). The van der Waals surface area contributed by atoms with Gasteiger partial charge in [0.15, 0.2) is 11.5 Å². The van der Waals surface area contributed by atoms with Crippen LogP contribution in [0.3, 0.4) is 0 Å². The number of Topliss-reactive ketones (excluding diaryl/α,β-unsaturated/α-hetero) is 1.